The van der Waals surface area contributed by atoms with Crippen molar-refractivity contribution in [1.82, 2.24) is 14.8 Å². The first kappa shape index (κ1) is 33.5. The Hall–Kier alpha value is -3.88. The molecule has 2 fully saturated rings. The third kappa shape index (κ3) is 7.73. The number of alkyl halides is 3. The molecule has 0 aliphatic carbocycles. The number of aromatic nitrogens is 1. The number of anilines is 4. The highest BCUT2D eigenvalue weighted by atomic mass is 35.5. The van der Waals surface area contributed by atoms with Crippen molar-refractivity contribution in [2.24, 2.45) is 0 Å². The molecule has 0 saturated carbocycles. The second-order valence-corrected chi connectivity index (χ2v) is 12.3. The van der Waals surface area contributed by atoms with Crippen molar-refractivity contribution in [3.63, 3.8) is 0 Å². The van der Waals surface area contributed by atoms with Crippen LogP contribution in [-0.2, 0) is 11.3 Å². The molecule has 0 spiro atoms. The predicted octanol–water partition coefficient (Wildman–Crippen LogP) is 4.08. The molecule has 248 valence electrons. The molecule has 2 saturated heterocycles. The number of piperazine rings is 1. The summed E-state index contributed by atoms with van der Waals surface area (Å²) in [6.45, 7) is 6.43. The van der Waals surface area contributed by atoms with Gasteiger partial charge in [-0.15, -0.1) is 0 Å². The standard InChI is InChI=1S/C31H36ClF3N6O5/c1-18-14-41(30-23(32)11-21(12-36-30)38-27-26(28(44)29(27)45)37-17-31(33,34)35)19(2)13-40(18)22-7-9-39(10-8-22)15-20-5-3-4-6-24(20)46-16-25(42)43/h3-6,11-12,18-19,22,37-38H,7-10,13-17H2,1-2H3,(H,42,43)/t18-,19+/m1/s1. The summed E-state index contributed by atoms with van der Waals surface area (Å²) in [5.74, 6) is 0.139. The van der Waals surface area contributed by atoms with E-state index in [-0.39, 0.29) is 30.1 Å². The molecule has 3 heterocycles. The van der Waals surface area contributed by atoms with E-state index in [1.165, 1.54) is 6.20 Å². The molecule has 5 rings (SSSR count). The quantitative estimate of drug-likeness (QED) is 0.257. The summed E-state index contributed by atoms with van der Waals surface area (Å²) < 4.78 is 43.3. The summed E-state index contributed by atoms with van der Waals surface area (Å²) in [6.07, 6.45) is -1.13. The molecule has 0 amide bonds. The number of nitrogens with one attached hydrogen (secondary N) is 2. The van der Waals surface area contributed by atoms with Crippen molar-refractivity contribution in [3.8, 4) is 5.75 Å². The summed E-state index contributed by atoms with van der Waals surface area (Å²) in [6, 6.07) is 9.76. The molecule has 0 bridgehead atoms. The molecule has 3 aromatic rings. The fourth-order valence-electron chi connectivity index (χ4n) is 6.24. The van der Waals surface area contributed by atoms with Gasteiger partial charge in [-0.25, -0.2) is 9.78 Å². The lowest BCUT2D eigenvalue weighted by molar-refractivity contribution is -0.139. The molecule has 3 N–H and O–H groups in total. The van der Waals surface area contributed by atoms with Gasteiger partial charge in [-0.3, -0.25) is 19.4 Å². The van der Waals surface area contributed by atoms with Gasteiger partial charge in [0.05, 0.1) is 16.9 Å². The first-order valence-electron chi connectivity index (χ1n) is 15.0. The third-order valence-corrected chi connectivity index (χ3v) is 8.80. The summed E-state index contributed by atoms with van der Waals surface area (Å²) in [7, 11) is 0. The number of para-hydroxylation sites is 1. The van der Waals surface area contributed by atoms with Crippen molar-refractivity contribution in [3.05, 3.63) is 67.6 Å². The van der Waals surface area contributed by atoms with Crippen molar-refractivity contribution in [2.45, 2.75) is 57.5 Å². The first-order chi connectivity index (χ1) is 21.8. The van der Waals surface area contributed by atoms with E-state index in [9.17, 15) is 27.6 Å². The highest BCUT2D eigenvalue weighted by molar-refractivity contribution is 6.33. The van der Waals surface area contributed by atoms with Crippen LogP contribution < -0.4 is 31.1 Å². The second-order valence-electron chi connectivity index (χ2n) is 11.9. The number of carboxylic acid groups (broad SMARTS) is 1. The van der Waals surface area contributed by atoms with Crippen LogP contribution in [0.3, 0.4) is 0 Å². The number of rotatable bonds is 11. The van der Waals surface area contributed by atoms with Gasteiger partial charge >= 0.3 is 12.1 Å². The molecule has 0 radical (unpaired) electrons. The second kappa shape index (κ2) is 13.9. The first-order valence-corrected chi connectivity index (χ1v) is 15.4. The molecule has 2 aromatic carbocycles. The smallest absolute Gasteiger partial charge is 0.405 e. The fraction of sp³-hybridized carbons (Fsp3) is 0.484. The lowest BCUT2D eigenvalue weighted by Gasteiger charge is -2.49. The molecular formula is C31H36ClF3N6O5. The van der Waals surface area contributed by atoms with Crippen LogP contribution in [0.1, 0.15) is 32.3 Å². The fourth-order valence-corrected chi connectivity index (χ4v) is 6.52. The van der Waals surface area contributed by atoms with Crippen LogP contribution in [0.15, 0.2) is 46.1 Å². The number of aliphatic carboxylic acids is 1. The number of benzene rings is 1. The van der Waals surface area contributed by atoms with E-state index < -0.39 is 35.2 Å². The maximum absolute atomic E-state index is 12.6. The maximum atomic E-state index is 12.6. The lowest BCUT2D eigenvalue weighted by atomic mass is 9.97. The zero-order valence-electron chi connectivity index (χ0n) is 25.4. The molecule has 11 nitrogen and oxygen atoms in total. The summed E-state index contributed by atoms with van der Waals surface area (Å²) in [5, 5.41) is 14.0. The van der Waals surface area contributed by atoms with Gasteiger partial charge in [0, 0.05) is 43.3 Å². The van der Waals surface area contributed by atoms with Gasteiger partial charge in [0.1, 0.15) is 29.5 Å². The number of carbonyl (C=O) groups is 1. The number of pyridine rings is 1. The Balaban J connectivity index is 1.17. The van der Waals surface area contributed by atoms with E-state index >= 15 is 0 Å². The highest BCUT2D eigenvalue weighted by Crippen LogP contribution is 2.33. The molecule has 2 aliphatic heterocycles. The van der Waals surface area contributed by atoms with E-state index in [1.807, 2.05) is 23.5 Å². The zero-order chi connectivity index (χ0) is 33.2. The monoisotopic (exact) mass is 664 g/mol. The Morgan fingerprint density at radius 2 is 1.78 bits per heavy atom. The summed E-state index contributed by atoms with van der Waals surface area (Å²) in [5.41, 5.74) is -1.35. The number of hydrogen-bond donors (Lipinski definition) is 3. The number of piperidine rings is 1. The van der Waals surface area contributed by atoms with Gasteiger partial charge in [-0.05, 0) is 51.9 Å². The van der Waals surface area contributed by atoms with E-state index in [0.29, 0.717) is 35.7 Å². The third-order valence-electron chi connectivity index (χ3n) is 8.52. The van der Waals surface area contributed by atoms with E-state index in [0.717, 1.165) is 38.0 Å². The van der Waals surface area contributed by atoms with Gasteiger partial charge in [0.25, 0.3) is 10.9 Å². The molecule has 15 heteroatoms. The van der Waals surface area contributed by atoms with Gasteiger partial charge in [-0.1, -0.05) is 29.8 Å². The SMILES string of the molecule is C[C@@H]1CN(c2ncc(Nc3c(NCC(F)(F)F)c(=O)c3=O)cc2Cl)[C@@H](C)CN1C1CCN(Cc2ccccc2OCC(=O)O)CC1. The van der Waals surface area contributed by atoms with Crippen LogP contribution >= 0.6 is 11.6 Å². The van der Waals surface area contributed by atoms with E-state index in [2.05, 4.69) is 38.8 Å². The average molecular weight is 665 g/mol. The minimum atomic E-state index is -4.55. The van der Waals surface area contributed by atoms with Gasteiger partial charge in [0.15, 0.2) is 6.61 Å². The Kier molecular flexibility index (Phi) is 10.1. The number of carboxylic acids is 1. The highest BCUT2D eigenvalue weighted by Gasteiger charge is 2.36. The number of nitrogens with zero attached hydrogens (tertiary/aromatic N) is 4. The topological polar surface area (TPSA) is 127 Å². The normalized spacial score (nSPS) is 20.2. The summed E-state index contributed by atoms with van der Waals surface area (Å²) in [4.78, 5) is 46.3. The van der Waals surface area contributed by atoms with Crippen molar-refractivity contribution < 1.29 is 27.8 Å². The van der Waals surface area contributed by atoms with Gasteiger partial charge in [0.2, 0.25) is 0 Å². The Bertz CT molecular complexity index is 1620. The van der Waals surface area contributed by atoms with Gasteiger partial charge in [-0.2, -0.15) is 13.2 Å². The average Bonchev–Trinajstić information content (AvgIpc) is 3.01. The van der Waals surface area contributed by atoms with Crippen LogP contribution in [0.25, 0.3) is 0 Å². The molecule has 2 atom stereocenters. The predicted molar refractivity (Wildman–Crippen MR) is 169 cm³/mol. The van der Waals surface area contributed by atoms with Gasteiger partial charge < -0.3 is 25.4 Å². The Morgan fingerprint density at radius 1 is 1.09 bits per heavy atom. The minimum absolute atomic E-state index is 0.0861. The van der Waals surface area contributed by atoms with Crippen LogP contribution in [0.2, 0.25) is 5.02 Å². The minimum Gasteiger partial charge on any atom is -0.482 e. The molecular weight excluding hydrogens is 629 g/mol. The maximum Gasteiger partial charge on any atom is 0.405 e. The molecule has 0 unspecified atom stereocenters. The number of likely N-dealkylation sites (tertiary alicyclic amines) is 1. The summed E-state index contributed by atoms with van der Waals surface area (Å²) >= 11 is 6.62. The number of halogens is 4. The largest absolute Gasteiger partial charge is 0.482 e. The molecule has 46 heavy (non-hydrogen) atoms. The molecule has 1 aromatic heterocycles. The Morgan fingerprint density at radius 3 is 2.46 bits per heavy atom. The number of hydrogen-bond acceptors (Lipinski definition) is 10. The van der Waals surface area contributed by atoms with Crippen molar-refractivity contribution in [1.29, 1.82) is 0 Å². The van der Waals surface area contributed by atoms with Crippen LogP contribution in [0.5, 0.6) is 5.75 Å². The van der Waals surface area contributed by atoms with Crippen LogP contribution in [-0.4, -0.2) is 89.5 Å². The van der Waals surface area contributed by atoms with Crippen molar-refractivity contribution in [2.75, 3.05) is 54.9 Å². The van der Waals surface area contributed by atoms with Crippen molar-refractivity contribution >= 4 is 40.5 Å². The zero-order valence-corrected chi connectivity index (χ0v) is 26.2. The van der Waals surface area contributed by atoms with E-state index in [4.69, 9.17) is 21.4 Å². The lowest BCUT2D eigenvalue weighted by Crippen LogP contribution is -2.61. The molecule has 2 aliphatic rings. The van der Waals surface area contributed by atoms with Crippen LogP contribution in [0, 0.1) is 0 Å². The number of ether oxygens (including phenoxy) is 1. The Labute approximate surface area is 268 Å². The van der Waals surface area contributed by atoms with Crippen LogP contribution in [0.4, 0.5) is 36.1 Å². The van der Waals surface area contributed by atoms with E-state index in [1.54, 1.807) is 12.1 Å².